The number of rotatable bonds is 6. The van der Waals surface area contributed by atoms with E-state index in [9.17, 15) is 13.2 Å². The third-order valence-electron chi connectivity index (χ3n) is 3.26. The molecule has 0 fully saturated rings. The first kappa shape index (κ1) is 17.6. The summed E-state index contributed by atoms with van der Waals surface area (Å²) < 4.78 is 26.1. The van der Waals surface area contributed by atoms with E-state index in [1.54, 1.807) is 24.3 Å². The zero-order chi connectivity index (χ0) is 17.0. The van der Waals surface area contributed by atoms with Crippen molar-refractivity contribution in [1.82, 2.24) is 4.47 Å². The number of nitrogens with zero attached hydrogens (tertiary/aromatic N) is 1. The van der Waals surface area contributed by atoms with E-state index in [1.807, 2.05) is 0 Å². The molecule has 0 aliphatic heterocycles. The summed E-state index contributed by atoms with van der Waals surface area (Å²) in [7, 11) is -2.55. The number of carbonyl (C=O) groups excluding carboxylic acids is 1. The van der Waals surface area contributed by atoms with E-state index in [0.29, 0.717) is 10.6 Å². The Morgan fingerprint density at radius 3 is 2.13 bits per heavy atom. The zero-order valence-corrected chi connectivity index (χ0v) is 14.3. The minimum atomic E-state index is -3.84. The molecule has 0 atom stereocenters. The number of carbonyl (C=O) groups is 1. The third-order valence-corrected chi connectivity index (χ3v) is 5.19. The maximum Gasteiger partial charge on any atom is 0.265 e. The first-order valence-electron chi connectivity index (χ1n) is 6.77. The minimum Gasteiger partial charge on any atom is -0.295 e. The molecule has 0 saturated carbocycles. The molecule has 0 aliphatic rings. The molecule has 2 aromatic rings. The minimum absolute atomic E-state index is 0.0461. The second kappa shape index (κ2) is 7.23. The maximum atomic E-state index is 12.6. The van der Waals surface area contributed by atoms with Crippen molar-refractivity contribution in [3.63, 3.8) is 0 Å². The van der Waals surface area contributed by atoms with Crippen molar-refractivity contribution in [1.29, 1.82) is 0 Å². The van der Waals surface area contributed by atoms with Gasteiger partial charge >= 0.3 is 0 Å². The van der Waals surface area contributed by atoms with Crippen molar-refractivity contribution in [3.05, 3.63) is 64.7 Å². The summed E-state index contributed by atoms with van der Waals surface area (Å²) in [4.78, 5) is 16.4. The van der Waals surface area contributed by atoms with Gasteiger partial charge in [-0.25, -0.2) is 8.42 Å². The van der Waals surface area contributed by atoms with Gasteiger partial charge in [-0.15, -0.1) is 0 Å². The Balaban J connectivity index is 2.27. The normalized spacial score (nSPS) is 11.7. The molecule has 0 bridgehead atoms. The average molecular weight is 354 g/mol. The molecular formula is C16H16ClNO4S. The van der Waals surface area contributed by atoms with Crippen LogP contribution in [0.2, 0.25) is 5.02 Å². The molecule has 0 amide bonds. The summed E-state index contributed by atoms with van der Waals surface area (Å²) >= 11 is 5.82. The molecule has 0 N–H and O–H groups in total. The molecule has 5 nitrogen and oxygen atoms in total. The number of benzene rings is 2. The summed E-state index contributed by atoms with van der Waals surface area (Å²) in [6, 6.07) is 12.5. The Morgan fingerprint density at radius 1 is 1.09 bits per heavy atom. The van der Waals surface area contributed by atoms with Gasteiger partial charge in [-0.1, -0.05) is 40.3 Å². The van der Waals surface area contributed by atoms with Crippen LogP contribution in [-0.2, 0) is 21.4 Å². The summed E-state index contributed by atoms with van der Waals surface area (Å²) in [5.41, 5.74) is 1.19. The van der Waals surface area contributed by atoms with E-state index in [1.165, 1.54) is 38.3 Å². The van der Waals surface area contributed by atoms with Crippen molar-refractivity contribution in [2.45, 2.75) is 18.4 Å². The van der Waals surface area contributed by atoms with E-state index in [2.05, 4.69) is 0 Å². The highest BCUT2D eigenvalue weighted by molar-refractivity contribution is 7.89. The van der Waals surface area contributed by atoms with Crippen LogP contribution in [0, 0.1) is 0 Å². The number of hydrogen-bond donors (Lipinski definition) is 0. The molecule has 122 valence electrons. The molecule has 0 heterocycles. The second-order valence-electron chi connectivity index (χ2n) is 4.86. The number of halogens is 1. The van der Waals surface area contributed by atoms with Crippen LogP contribution in [0.4, 0.5) is 0 Å². The van der Waals surface area contributed by atoms with Gasteiger partial charge in [0.2, 0.25) is 0 Å². The van der Waals surface area contributed by atoms with Gasteiger partial charge in [-0.2, -0.15) is 0 Å². The van der Waals surface area contributed by atoms with Crippen LogP contribution in [0.3, 0.4) is 0 Å². The molecule has 7 heteroatoms. The number of hydrogen-bond acceptors (Lipinski definition) is 4. The standard InChI is InChI=1S/C16H16ClNO4S/c1-12(19)14-5-9-16(10-6-14)23(20,21)18(22-2)11-13-3-7-15(17)8-4-13/h3-10H,11H2,1-2H3. The molecule has 0 unspecified atom stereocenters. The molecule has 23 heavy (non-hydrogen) atoms. The topological polar surface area (TPSA) is 63.7 Å². The van der Waals surface area contributed by atoms with E-state index >= 15 is 0 Å². The van der Waals surface area contributed by atoms with Crippen LogP contribution in [0.5, 0.6) is 0 Å². The molecule has 0 aromatic heterocycles. The summed E-state index contributed by atoms with van der Waals surface area (Å²) in [5.74, 6) is -0.126. The van der Waals surface area contributed by atoms with Crippen LogP contribution in [-0.4, -0.2) is 25.8 Å². The van der Waals surface area contributed by atoms with Crippen molar-refractivity contribution >= 4 is 27.4 Å². The number of Topliss-reactive ketones (excluding diaryl/α,β-unsaturated/α-hetero) is 1. The lowest BCUT2D eigenvalue weighted by atomic mass is 10.2. The molecule has 0 saturated heterocycles. The number of ketones is 1. The van der Waals surface area contributed by atoms with Crippen molar-refractivity contribution in [2.75, 3.05) is 7.11 Å². The van der Waals surface area contributed by atoms with E-state index < -0.39 is 10.0 Å². The smallest absolute Gasteiger partial charge is 0.265 e. The van der Waals surface area contributed by atoms with Crippen LogP contribution >= 0.6 is 11.6 Å². The van der Waals surface area contributed by atoms with Crippen LogP contribution in [0.1, 0.15) is 22.8 Å². The maximum absolute atomic E-state index is 12.6. The van der Waals surface area contributed by atoms with Gasteiger partial charge in [0, 0.05) is 10.6 Å². The lowest BCUT2D eigenvalue weighted by molar-refractivity contribution is -0.0556. The fourth-order valence-electron chi connectivity index (χ4n) is 1.97. The fraction of sp³-hybridized carbons (Fsp3) is 0.188. The number of sulfonamides is 1. The predicted octanol–water partition coefficient (Wildman–Crippen LogP) is 3.29. The van der Waals surface area contributed by atoms with Gasteiger partial charge in [0.1, 0.15) is 0 Å². The Labute approximate surface area is 140 Å². The van der Waals surface area contributed by atoms with Gasteiger partial charge in [0.15, 0.2) is 5.78 Å². The first-order valence-corrected chi connectivity index (χ1v) is 8.58. The summed E-state index contributed by atoms with van der Waals surface area (Å²) in [6.07, 6.45) is 0. The lowest BCUT2D eigenvalue weighted by Gasteiger charge is -2.19. The highest BCUT2D eigenvalue weighted by Crippen LogP contribution is 2.20. The molecule has 2 rings (SSSR count). The molecular weight excluding hydrogens is 338 g/mol. The predicted molar refractivity (Wildman–Crippen MR) is 87.6 cm³/mol. The Morgan fingerprint density at radius 2 is 1.65 bits per heavy atom. The van der Waals surface area contributed by atoms with Gasteiger partial charge < -0.3 is 0 Å². The average Bonchev–Trinajstić information content (AvgIpc) is 2.54. The second-order valence-corrected chi connectivity index (χ2v) is 7.12. The quantitative estimate of drug-likeness (QED) is 0.590. The Hall–Kier alpha value is -1.73. The highest BCUT2D eigenvalue weighted by Gasteiger charge is 2.25. The summed E-state index contributed by atoms with van der Waals surface area (Å²) in [5, 5.41) is 0.570. The van der Waals surface area contributed by atoms with Gasteiger partial charge in [0.05, 0.1) is 18.6 Å². The fourth-order valence-corrected chi connectivity index (χ4v) is 3.32. The molecule has 0 radical (unpaired) electrons. The van der Waals surface area contributed by atoms with Crippen molar-refractivity contribution in [2.24, 2.45) is 0 Å². The SMILES string of the molecule is CON(Cc1ccc(Cl)cc1)S(=O)(=O)c1ccc(C(C)=O)cc1. The van der Waals surface area contributed by atoms with Gasteiger partial charge in [-0.05, 0) is 36.8 Å². The molecule has 0 aliphatic carbocycles. The van der Waals surface area contributed by atoms with Gasteiger partial charge in [-0.3, -0.25) is 9.63 Å². The Bertz CT molecular complexity index is 786. The van der Waals surface area contributed by atoms with E-state index in [-0.39, 0.29) is 17.2 Å². The summed E-state index contributed by atoms with van der Waals surface area (Å²) in [6.45, 7) is 1.47. The van der Waals surface area contributed by atoms with Gasteiger partial charge in [0.25, 0.3) is 10.0 Å². The van der Waals surface area contributed by atoms with E-state index in [0.717, 1.165) is 10.0 Å². The van der Waals surface area contributed by atoms with Crippen LogP contribution in [0.25, 0.3) is 0 Å². The van der Waals surface area contributed by atoms with Crippen LogP contribution < -0.4 is 0 Å². The lowest BCUT2D eigenvalue weighted by Crippen LogP contribution is -2.29. The zero-order valence-electron chi connectivity index (χ0n) is 12.7. The monoisotopic (exact) mass is 353 g/mol. The molecule has 2 aromatic carbocycles. The third kappa shape index (κ3) is 4.17. The highest BCUT2D eigenvalue weighted by atomic mass is 35.5. The van der Waals surface area contributed by atoms with Crippen molar-refractivity contribution in [3.8, 4) is 0 Å². The molecule has 0 spiro atoms. The van der Waals surface area contributed by atoms with Crippen molar-refractivity contribution < 1.29 is 18.0 Å². The number of hydroxylamine groups is 1. The van der Waals surface area contributed by atoms with E-state index in [4.69, 9.17) is 16.4 Å². The Kier molecular flexibility index (Phi) is 5.54. The van der Waals surface area contributed by atoms with Crippen LogP contribution in [0.15, 0.2) is 53.4 Å². The first-order chi connectivity index (χ1) is 10.8. The largest absolute Gasteiger partial charge is 0.295 e.